The molecule has 8 heteroatoms. The van der Waals surface area contributed by atoms with Crippen molar-refractivity contribution < 1.29 is 21.9 Å². The molecule has 239 valence electrons. The summed E-state index contributed by atoms with van der Waals surface area (Å²) in [6.45, 7) is 9.40. The van der Waals surface area contributed by atoms with Crippen LogP contribution >= 0.6 is 0 Å². The Balaban J connectivity index is 0.000000307. The average Bonchev–Trinajstić information content (AvgIpc) is 3.07. The molecule has 45 heavy (non-hydrogen) atoms. The Kier molecular flexibility index (Phi) is 17.3. The Labute approximate surface area is 282 Å². The zero-order valence-electron chi connectivity index (χ0n) is 27.3. The van der Waals surface area contributed by atoms with E-state index in [1.54, 1.807) is 0 Å². The van der Waals surface area contributed by atoms with Gasteiger partial charge < -0.3 is 24.7 Å². The summed E-state index contributed by atoms with van der Waals surface area (Å²) in [5, 5.41) is 15.0. The van der Waals surface area contributed by atoms with Gasteiger partial charge in [-0.2, -0.15) is 21.9 Å². The molecule has 6 nitrogen and oxygen atoms in total. The molecular weight excluding hydrogens is 600 g/mol. The summed E-state index contributed by atoms with van der Waals surface area (Å²) in [5.74, 6) is 0. The van der Waals surface area contributed by atoms with E-state index >= 15 is 0 Å². The summed E-state index contributed by atoms with van der Waals surface area (Å²) < 4.78 is 0. The summed E-state index contributed by atoms with van der Waals surface area (Å²) in [5.41, 5.74) is 5.36. The molecular formula is C37H48BCoN5O. The van der Waals surface area contributed by atoms with E-state index in [1.807, 2.05) is 0 Å². The van der Waals surface area contributed by atoms with Crippen molar-refractivity contribution in [3.8, 4) is 6.26 Å². The maximum Gasteiger partial charge on any atom is 2.00 e. The molecule has 1 aliphatic heterocycles. The fourth-order valence-corrected chi connectivity index (χ4v) is 5.93. The van der Waals surface area contributed by atoms with Crippen LogP contribution in [-0.4, -0.2) is 106 Å². The quantitative estimate of drug-likeness (QED) is 0.248. The fraction of sp³-hybridized carbons (Fsp3) is 0.324. The van der Waals surface area contributed by atoms with Crippen molar-refractivity contribution in [2.24, 2.45) is 0 Å². The minimum absolute atomic E-state index is 0. The van der Waals surface area contributed by atoms with Crippen LogP contribution in [0.5, 0.6) is 0 Å². The van der Waals surface area contributed by atoms with Gasteiger partial charge in [0.05, 0.1) is 0 Å². The van der Waals surface area contributed by atoms with E-state index in [4.69, 9.17) is 10.4 Å². The maximum absolute atomic E-state index is 8.24. The maximum atomic E-state index is 8.24. The molecule has 0 saturated carbocycles. The van der Waals surface area contributed by atoms with E-state index < -0.39 is 6.15 Å². The van der Waals surface area contributed by atoms with Gasteiger partial charge in [-0.25, -0.2) is 5.26 Å². The van der Waals surface area contributed by atoms with Crippen LogP contribution in [0.2, 0.25) is 0 Å². The topological polar surface area (TPSA) is 59.8 Å². The summed E-state index contributed by atoms with van der Waals surface area (Å²) in [7, 11) is 8.89. The van der Waals surface area contributed by atoms with E-state index in [0.29, 0.717) is 6.26 Å². The first kappa shape index (κ1) is 37.8. The summed E-state index contributed by atoms with van der Waals surface area (Å²) >= 11 is 0. The fourth-order valence-electron chi connectivity index (χ4n) is 5.93. The number of rotatable bonds is 4. The number of nitrogens with zero attached hydrogens (tertiary/aromatic N) is 5. The van der Waals surface area contributed by atoms with Crippen LogP contribution in [0.15, 0.2) is 121 Å². The second-order valence-corrected chi connectivity index (χ2v) is 11.8. The molecule has 0 bridgehead atoms. The van der Waals surface area contributed by atoms with Crippen molar-refractivity contribution in [3.63, 3.8) is 0 Å². The standard InChI is InChI=1S/C24H20B.C12H28N4.CHNO.Co/c1-5-13-21(14-6-1)25(22-15-7-2-8-16-22,23-17-9-3-10-18-23)24-19-11-4-12-20-24;1-13-5-7-14(2)9-11-16(4)12-10-15(3)8-6-13;2-1-3;/h1-20H;5-12H2,1-4H3;3H;/q-1;;;+2/p-1. The SMILES string of the molecule is CN1CCN(C)CCN(C)CCN(C)CC1.N#C[O-].[Co+2].c1ccc([B-](c2ccccc2)(c2ccccc2)c2ccccc2)cc1. The van der Waals surface area contributed by atoms with Crippen molar-refractivity contribution in [2.45, 2.75) is 0 Å². The Morgan fingerprint density at radius 2 is 0.600 bits per heavy atom. The van der Waals surface area contributed by atoms with Crippen molar-refractivity contribution in [2.75, 3.05) is 80.5 Å². The third-order valence-electron chi connectivity index (χ3n) is 8.65. The van der Waals surface area contributed by atoms with Crippen LogP contribution in [0.4, 0.5) is 0 Å². The molecule has 0 spiro atoms. The van der Waals surface area contributed by atoms with Gasteiger partial charge in [-0.05, 0) is 28.2 Å². The van der Waals surface area contributed by atoms with E-state index in [9.17, 15) is 0 Å². The van der Waals surface area contributed by atoms with Gasteiger partial charge in [-0.1, -0.05) is 121 Å². The Bertz CT molecular complexity index is 1140. The molecule has 1 radical (unpaired) electrons. The predicted molar refractivity (Wildman–Crippen MR) is 186 cm³/mol. The second-order valence-electron chi connectivity index (χ2n) is 11.8. The van der Waals surface area contributed by atoms with Gasteiger partial charge in [0.15, 0.2) is 0 Å². The molecule has 4 aromatic rings. The number of nitriles is 1. The van der Waals surface area contributed by atoms with Crippen LogP contribution in [-0.2, 0) is 16.8 Å². The summed E-state index contributed by atoms with van der Waals surface area (Å²) in [6, 6.07) is 43.5. The van der Waals surface area contributed by atoms with Gasteiger partial charge in [0, 0.05) is 58.6 Å². The normalized spacial score (nSPS) is 15.7. The molecule has 0 aromatic heterocycles. The Morgan fingerprint density at radius 3 is 0.756 bits per heavy atom. The van der Waals surface area contributed by atoms with Gasteiger partial charge in [0.25, 0.3) is 0 Å². The third kappa shape index (κ3) is 11.5. The number of benzene rings is 4. The summed E-state index contributed by atoms with van der Waals surface area (Å²) in [6.07, 6.45) is -0.716. The van der Waals surface area contributed by atoms with Crippen LogP contribution < -0.4 is 27.0 Å². The molecule has 0 N–H and O–H groups in total. The van der Waals surface area contributed by atoms with Crippen LogP contribution in [0.3, 0.4) is 0 Å². The molecule has 0 unspecified atom stereocenters. The van der Waals surface area contributed by atoms with E-state index in [-0.39, 0.29) is 16.8 Å². The monoisotopic (exact) mass is 648 g/mol. The zero-order chi connectivity index (χ0) is 31.6. The van der Waals surface area contributed by atoms with Gasteiger partial charge >= 0.3 is 16.8 Å². The first-order chi connectivity index (χ1) is 21.4. The number of hydrogen-bond donors (Lipinski definition) is 0. The van der Waals surface area contributed by atoms with Crippen molar-refractivity contribution >= 4 is 28.0 Å². The van der Waals surface area contributed by atoms with Crippen LogP contribution in [0.1, 0.15) is 0 Å². The molecule has 5 rings (SSSR count). The molecule has 1 heterocycles. The average molecular weight is 649 g/mol. The van der Waals surface area contributed by atoms with E-state index in [2.05, 4.69) is 169 Å². The summed E-state index contributed by atoms with van der Waals surface area (Å²) in [4.78, 5) is 9.72. The Hall–Kier alpha value is -3.42. The second kappa shape index (κ2) is 20.6. The Morgan fingerprint density at radius 1 is 0.444 bits per heavy atom. The minimum Gasteiger partial charge on any atom is -0.812 e. The van der Waals surface area contributed by atoms with Crippen LogP contribution in [0.25, 0.3) is 0 Å². The largest absolute Gasteiger partial charge is 2.00 e. The van der Waals surface area contributed by atoms with Gasteiger partial charge in [-0.15, -0.1) is 0 Å². The zero-order valence-corrected chi connectivity index (χ0v) is 28.3. The van der Waals surface area contributed by atoms with Gasteiger partial charge in [-0.3, -0.25) is 0 Å². The van der Waals surface area contributed by atoms with Crippen LogP contribution in [0, 0.1) is 11.5 Å². The molecule has 0 amide bonds. The van der Waals surface area contributed by atoms with Crippen molar-refractivity contribution in [1.29, 1.82) is 5.26 Å². The molecule has 4 aromatic carbocycles. The molecule has 1 aliphatic rings. The number of hydrogen-bond acceptors (Lipinski definition) is 6. The minimum atomic E-state index is -1.22. The number of likely N-dealkylation sites (N-methyl/N-ethyl adjacent to an activating group) is 4. The molecule has 1 fully saturated rings. The first-order valence-electron chi connectivity index (χ1n) is 15.5. The van der Waals surface area contributed by atoms with Crippen molar-refractivity contribution in [3.05, 3.63) is 121 Å². The molecule has 1 saturated heterocycles. The molecule has 0 atom stereocenters. The van der Waals surface area contributed by atoms with Gasteiger partial charge in [0.1, 0.15) is 6.15 Å². The van der Waals surface area contributed by atoms with Gasteiger partial charge in [0.2, 0.25) is 0 Å². The molecule has 0 aliphatic carbocycles. The third-order valence-corrected chi connectivity index (χ3v) is 8.65. The van der Waals surface area contributed by atoms with E-state index in [1.165, 1.54) is 74.2 Å². The van der Waals surface area contributed by atoms with Crippen molar-refractivity contribution in [1.82, 2.24) is 19.6 Å². The smallest absolute Gasteiger partial charge is 0.812 e. The van der Waals surface area contributed by atoms with E-state index in [0.717, 1.165) is 0 Å². The predicted octanol–water partition coefficient (Wildman–Crippen LogP) is 1.62. The first-order valence-corrected chi connectivity index (χ1v) is 15.5.